The quantitative estimate of drug-likeness (QED) is 0.669. The van der Waals surface area contributed by atoms with E-state index in [4.69, 9.17) is 4.74 Å². The Balaban J connectivity index is 2.46. The fourth-order valence-electron chi connectivity index (χ4n) is 1.66. The molecule has 1 N–H and O–H groups in total. The van der Waals surface area contributed by atoms with Gasteiger partial charge in [-0.05, 0) is 5.56 Å². The molecule has 1 aliphatic rings. The van der Waals surface area contributed by atoms with E-state index in [9.17, 15) is 4.79 Å². The summed E-state index contributed by atoms with van der Waals surface area (Å²) in [4.78, 5) is 10.7. The van der Waals surface area contributed by atoms with Crippen LogP contribution in [0.1, 0.15) is 11.1 Å². The van der Waals surface area contributed by atoms with Crippen LogP contribution in [-0.2, 0) is 16.0 Å². The Bertz CT molecular complexity index is 394. The zero-order chi connectivity index (χ0) is 9.97. The fourth-order valence-corrected chi connectivity index (χ4v) is 1.66. The molecule has 0 amide bonds. The van der Waals surface area contributed by atoms with Gasteiger partial charge in [-0.15, -0.1) is 0 Å². The van der Waals surface area contributed by atoms with Crippen molar-refractivity contribution in [1.82, 2.24) is 5.32 Å². The number of hydrogen-bond donors (Lipinski definition) is 1. The molecule has 1 aromatic rings. The molecule has 1 aromatic carbocycles. The van der Waals surface area contributed by atoms with Crippen LogP contribution in [0.5, 0.6) is 0 Å². The Morgan fingerprint density at radius 3 is 3.00 bits per heavy atom. The zero-order valence-electron chi connectivity index (χ0n) is 7.91. The first kappa shape index (κ1) is 9.00. The van der Waals surface area contributed by atoms with Crippen LogP contribution in [0.15, 0.2) is 24.3 Å². The van der Waals surface area contributed by atoms with Gasteiger partial charge >= 0.3 is 0 Å². The lowest BCUT2D eigenvalue weighted by molar-refractivity contribution is 0.0862. The molecule has 0 saturated heterocycles. The molecule has 0 saturated carbocycles. The van der Waals surface area contributed by atoms with Crippen molar-refractivity contribution in [2.45, 2.75) is 12.6 Å². The van der Waals surface area contributed by atoms with E-state index in [1.54, 1.807) is 7.11 Å². The van der Waals surface area contributed by atoms with E-state index in [1.807, 2.05) is 30.2 Å². The summed E-state index contributed by atoms with van der Waals surface area (Å²) in [5, 5.41) is 2.98. The molecule has 2 rings (SSSR count). The molecule has 0 aliphatic carbocycles. The van der Waals surface area contributed by atoms with Crippen LogP contribution in [0, 0.1) is 0 Å². The Labute approximate surface area is 82.4 Å². The highest BCUT2D eigenvalue weighted by atomic mass is 16.5. The van der Waals surface area contributed by atoms with Crippen LogP contribution < -0.4 is 5.32 Å². The van der Waals surface area contributed by atoms with Crippen molar-refractivity contribution in [3.63, 3.8) is 0 Å². The number of nitrogens with one attached hydrogen (secondary N) is 1. The molecule has 72 valence electrons. The third-order valence-corrected chi connectivity index (χ3v) is 2.38. The molecule has 0 aromatic heterocycles. The van der Waals surface area contributed by atoms with E-state index in [2.05, 4.69) is 5.32 Å². The summed E-state index contributed by atoms with van der Waals surface area (Å²) in [6, 6.07) is 7.78. The Morgan fingerprint density at radius 2 is 2.29 bits per heavy atom. The van der Waals surface area contributed by atoms with Gasteiger partial charge in [-0.1, -0.05) is 24.3 Å². The SMILES string of the molecule is COC1Cc2ccccc2C(=C=O)N1. The number of rotatable bonds is 1. The summed E-state index contributed by atoms with van der Waals surface area (Å²) >= 11 is 0. The predicted octanol–water partition coefficient (Wildman–Crippen LogP) is 0.977. The average molecular weight is 189 g/mol. The van der Waals surface area contributed by atoms with Gasteiger partial charge in [0.1, 0.15) is 11.9 Å². The van der Waals surface area contributed by atoms with Gasteiger partial charge in [0, 0.05) is 19.1 Å². The van der Waals surface area contributed by atoms with Crippen LogP contribution in [0.2, 0.25) is 0 Å². The van der Waals surface area contributed by atoms with Crippen molar-refractivity contribution in [1.29, 1.82) is 0 Å². The van der Waals surface area contributed by atoms with E-state index in [1.165, 1.54) is 0 Å². The second-order valence-electron chi connectivity index (χ2n) is 3.21. The summed E-state index contributed by atoms with van der Waals surface area (Å²) in [6.45, 7) is 0. The molecule has 3 nitrogen and oxygen atoms in total. The minimum Gasteiger partial charge on any atom is -0.361 e. The van der Waals surface area contributed by atoms with Crippen molar-refractivity contribution in [3.05, 3.63) is 35.4 Å². The molecular weight excluding hydrogens is 178 g/mol. The first-order chi connectivity index (χ1) is 6.85. The van der Waals surface area contributed by atoms with E-state index in [-0.39, 0.29) is 6.23 Å². The predicted molar refractivity (Wildman–Crippen MR) is 53.2 cm³/mol. The van der Waals surface area contributed by atoms with Gasteiger partial charge < -0.3 is 10.1 Å². The number of benzene rings is 1. The molecule has 1 atom stereocenters. The van der Waals surface area contributed by atoms with Crippen molar-refractivity contribution >= 4 is 11.6 Å². The summed E-state index contributed by atoms with van der Waals surface area (Å²) in [5.74, 6) is 1.90. The average Bonchev–Trinajstić information content (AvgIpc) is 2.27. The molecule has 0 spiro atoms. The summed E-state index contributed by atoms with van der Waals surface area (Å²) in [5.41, 5.74) is 2.53. The van der Waals surface area contributed by atoms with Gasteiger partial charge in [-0.2, -0.15) is 0 Å². The second-order valence-corrected chi connectivity index (χ2v) is 3.21. The fraction of sp³-hybridized carbons (Fsp3) is 0.273. The minimum atomic E-state index is -0.124. The van der Waals surface area contributed by atoms with E-state index in [0.717, 1.165) is 17.5 Å². The molecular formula is C11H11NO2. The summed E-state index contributed by atoms with van der Waals surface area (Å²) in [6.07, 6.45) is 0.652. The van der Waals surface area contributed by atoms with Crippen molar-refractivity contribution in [3.8, 4) is 0 Å². The Hall–Kier alpha value is -1.57. The molecule has 3 heteroatoms. The number of ether oxygens (including phenoxy) is 1. The first-order valence-electron chi connectivity index (χ1n) is 4.48. The lowest BCUT2D eigenvalue weighted by atomic mass is 9.98. The van der Waals surface area contributed by atoms with Crippen LogP contribution >= 0.6 is 0 Å². The normalized spacial score (nSPS) is 19.5. The van der Waals surface area contributed by atoms with Gasteiger partial charge in [0.25, 0.3) is 0 Å². The van der Waals surface area contributed by atoms with Gasteiger partial charge in [-0.25, -0.2) is 4.79 Å². The van der Waals surface area contributed by atoms with E-state index in [0.29, 0.717) is 5.70 Å². The zero-order valence-corrected chi connectivity index (χ0v) is 7.91. The maximum Gasteiger partial charge on any atom is 0.150 e. The molecule has 1 unspecified atom stereocenters. The second kappa shape index (κ2) is 3.66. The summed E-state index contributed by atoms with van der Waals surface area (Å²) in [7, 11) is 1.62. The number of methoxy groups -OCH3 is 1. The van der Waals surface area contributed by atoms with Crippen molar-refractivity contribution < 1.29 is 9.53 Å². The standard InChI is InChI=1S/C11H11NO2/c1-14-11-6-8-4-2-3-5-9(8)10(7-13)12-11/h2-5,11-12H,6H2,1H3. The Kier molecular flexibility index (Phi) is 2.35. The monoisotopic (exact) mass is 189 g/mol. The van der Waals surface area contributed by atoms with E-state index >= 15 is 0 Å². The smallest absolute Gasteiger partial charge is 0.150 e. The number of carbonyl (C=O) groups excluding carboxylic acids is 1. The number of fused-ring (bicyclic) bond motifs is 1. The highest BCUT2D eigenvalue weighted by Gasteiger charge is 2.21. The van der Waals surface area contributed by atoms with Gasteiger partial charge in [0.2, 0.25) is 0 Å². The minimum absolute atomic E-state index is 0.124. The summed E-state index contributed by atoms with van der Waals surface area (Å²) < 4.78 is 5.17. The van der Waals surface area contributed by atoms with Gasteiger partial charge in [-0.3, -0.25) is 0 Å². The maximum atomic E-state index is 10.7. The van der Waals surface area contributed by atoms with Crippen LogP contribution in [0.4, 0.5) is 0 Å². The van der Waals surface area contributed by atoms with E-state index < -0.39 is 0 Å². The lowest BCUT2D eigenvalue weighted by Crippen LogP contribution is -2.36. The molecule has 0 bridgehead atoms. The first-order valence-corrected chi connectivity index (χ1v) is 4.48. The third kappa shape index (κ3) is 1.43. The van der Waals surface area contributed by atoms with Gasteiger partial charge in [0.05, 0.1) is 0 Å². The van der Waals surface area contributed by atoms with Crippen molar-refractivity contribution in [2.75, 3.05) is 7.11 Å². The molecule has 1 aliphatic heterocycles. The number of hydrogen-bond acceptors (Lipinski definition) is 3. The molecule has 1 heterocycles. The van der Waals surface area contributed by atoms with Crippen LogP contribution in [0.3, 0.4) is 0 Å². The third-order valence-electron chi connectivity index (χ3n) is 2.38. The maximum absolute atomic E-state index is 10.7. The van der Waals surface area contributed by atoms with Crippen LogP contribution in [0.25, 0.3) is 5.70 Å². The molecule has 14 heavy (non-hydrogen) atoms. The topological polar surface area (TPSA) is 38.3 Å². The van der Waals surface area contributed by atoms with Crippen molar-refractivity contribution in [2.24, 2.45) is 0 Å². The van der Waals surface area contributed by atoms with Crippen LogP contribution in [-0.4, -0.2) is 19.3 Å². The Morgan fingerprint density at radius 1 is 1.50 bits per heavy atom. The van der Waals surface area contributed by atoms with Gasteiger partial charge in [0.15, 0.2) is 5.94 Å². The molecule has 0 fully saturated rings. The highest BCUT2D eigenvalue weighted by molar-refractivity contribution is 5.88. The lowest BCUT2D eigenvalue weighted by Gasteiger charge is -2.25. The molecule has 0 radical (unpaired) electrons. The highest BCUT2D eigenvalue weighted by Crippen LogP contribution is 2.22. The largest absolute Gasteiger partial charge is 0.361 e.